The Morgan fingerprint density at radius 1 is 0.882 bits per heavy atom. The van der Waals surface area contributed by atoms with Crippen molar-refractivity contribution in [2.75, 3.05) is 23.0 Å². The van der Waals surface area contributed by atoms with E-state index in [-0.39, 0.29) is 10.0 Å². The first-order valence-electron chi connectivity index (χ1n) is 7.81. The first-order chi connectivity index (χ1) is 8.06. The molecule has 0 aromatic rings. The average Bonchev–Trinajstić information content (AvgIpc) is 2.37. The fourth-order valence-electron chi connectivity index (χ4n) is 3.49. The van der Waals surface area contributed by atoms with E-state index in [9.17, 15) is 0 Å². The van der Waals surface area contributed by atoms with Gasteiger partial charge in [-0.1, -0.05) is 34.6 Å². The van der Waals surface area contributed by atoms with Crippen LogP contribution in [-0.2, 0) is 0 Å². The van der Waals surface area contributed by atoms with E-state index in [1.165, 1.54) is 42.9 Å². The first kappa shape index (κ1) is 15.4. The van der Waals surface area contributed by atoms with Crippen LogP contribution in [0.2, 0.25) is 0 Å². The molecule has 0 amide bonds. The molecule has 0 aromatic heterocycles. The van der Waals surface area contributed by atoms with Crippen LogP contribution in [-0.4, -0.2) is 23.0 Å². The Bertz CT molecular complexity index is 189. The van der Waals surface area contributed by atoms with Crippen LogP contribution >= 0.6 is 10.0 Å². The first-order valence-corrected chi connectivity index (χ1v) is 10.1. The van der Waals surface area contributed by atoms with Crippen molar-refractivity contribution in [2.24, 2.45) is 17.8 Å². The zero-order valence-corrected chi connectivity index (χ0v) is 13.6. The van der Waals surface area contributed by atoms with E-state index in [0.29, 0.717) is 0 Å². The zero-order chi connectivity index (χ0) is 12.9. The minimum absolute atomic E-state index is 0.248. The molecule has 0 heterocycles. The van der Waals surface area contributed by atoms with Gasteiger partial charge in [0.05, 0.1) is 0 Å². The molecule has 1 rings (SSSR count). The summed E-state index contributed by atoms with van der Waals surface area (Å²) < 4.78 is 0. The molecule has 0 aliphatic heterocycles. The van der Waals surface area contributed by atoms with Crippen molar-refractivity contribution < 1.29 is 0 Å². The van der Waals surface area contributed by atoms with Crippen LogP contribution in [0.25, 0.3) is 0 Å². The highest BCUT2D eigenvalue weighted by molar-refractivity contribution is 8.33. The summed E-state index contributed by atoms with van der Waals surface area (Å²) in [4.78, 5) is 0. The van der Waals surface area contributed by atoms with Crippen LogP contribution in [0.3, 0.4) is 0 Å². The zero-order valence-electron chi connectivity index (χ0n) is 12.8. The largest absolute Gasteiger partial charge is 0.241 e. The second-order valence-corrected chi connectivity index (χ2v) is 10.8. The van der Waals surface area contributed by atoms with E-state index in [4.69, 9.17) is 0 Å². The lowest BCUT2D eigenvalue weighted by Gasteiger charge is -2.42. The predicted octanol–water partition coefficient (Wildman–Crippen LogP) is 5.31. The lowest BCUT2D eigenvalue weighted by molar-refractivity contribution is 0.236. The summed E-state index contributed by atoms with van der Waals surface area (Å²) in [5, 5.41) is 0. The maximum Gasteiger partial charge on any atom is -0.0199 e. The molecule has 0 aromatic carbocycles. The quantitative estimate of drug-likeness (QED) is 0.605. The molecule has 0 bridgehead atoms. The van der Waals surface area contributed by atoms with Gasteiger partial charge in [0, 0.05) is 0 Å². The molecule has 0 nitrogen and oxygen atoms in total. The minimum atomic E-state index is -0.248. The normalized spacial score (nSPS) is 27.4. The van der Waals surface area contributed by atoms with E-state index in [2.05, 4.69) is 34.6 Å². The number of rotatable bonds is 6. The monoisotopic (exact) mass is 258 g/mol. The van der Waals surface area contributed by atoms with Gasteiger partial charge in [-0.3, -0.25) is 0 Å². The Balaban J connectivity index is 2.44. The number of hydrogen-bond donors (Lipinski definition) is 0. The van der Waals surface area contributed by atoms with E-state index in [1.807, 2.05) is 0 Å². The lowest BCUT2D eigenvalue weighted by Crippen LogP contribution is -2.25. The number of hydrogen-bond acceptors (Lipinski definition) is 0. The van der Waals surface area contributed by atoms with Gasteiger partial charge in [-0.05, 0) is 66.4 Å². The molecule has 0 N–H and O–H groups in total. The van der Waals surface area contributed by atoms with Gasteiger partial charge in [-0.25, -0.2) is 10.0 Å². The molecule has 1 fully saturated rings. The smallest absolute Gasteiger partial charge is 0.0199 e. The van der Waals surface area contributed by atoms with Crippen LogP contribution in [0.1, 0.15) is 60.3 Å². The van der Waals surface area contributed by atoms with Crippen LogP contribution in [0.15, 0.2) is 0 Å². The molecule has 17 heavy (non-hydrogen) atoms. The molecule has 0 spiro atoms. The van der Waals surface area contributed by atoms with Crippen molar-refractivity contribution in [1.29, 1.82) is 0 Å². The van der Waals surface area contributed by atoms with Gasteiger partial charge in [0.15, 0.2) is 0 Å². The molecule has 1 aliphatic carbocycles. The van der Waals surface area contributed by atoms with Crippen molar-refractivity contribution in [3.05, 3.63) is 0 Å². The summed E-state index contributed by atoms with van der Waals surface area (Å²) in [5.74, 6) is 8.98. The SMILES string of the molecule is CCS(CC)(CC)CC1CCC(C(C)C)CC1. The molecule has 1 heteroatoms. The van der Waals surface area contributed by atoms with E-state index in [1.54, 1.807) is 5.75 Å². The van der Waals surface area contributed by atoms with Crippen molar-refractivity contribution in [1.82, 2.24) is 0 Å². The van der Waals surface area contributed by atoms with Gasteiger partial charge >= 0.3 is 0 Å². The molecule has 1 aliphatic rings. The molecule has 0 radical (unpaired) electrons. The Morgan fingerprint density at radius 2 is 1.35 bits per heavy atom. The van der Waals surface area contributed by atoms with Crippen molar-refractivity contribution in [3.8, 4) is 0 Å². The highest BCUT2D eigenvalue weighted by Crippen LogP contribution is 2.50. The molecule has 0 saturated heterocycles. The van der Waals surface area contributed by atoms with Crippen LogP contribution < -0.4 is 0 Å². The van der Waals surface area contributed by atoms with Gasteiger partial charge < -0.3 is 0 Å². The highest BCUT2D eigenvalue weighted by atomic mass is 32.3. The second-order valence-electron chi connectivity index (χ2n) is 6.28. The van der Waals surface area contributed by atoms with Gasteiger partial charge in [-0.2, -0.15) is 0 Å². The molecular weight excluding hydrogens is 224 g/mol. The van der Waals surface area contributed by atoms with Gasteiger partial charge in [0.25, 0.3) is 0 Å². The van der Waals surface area contributed by atoms with E-state index in [0.717, 1.165) is 17.8 Å². The molecule has 104 valence electrons. The Morgan fingerprint density at radius 3 is 1.71 bits per heavy atom. The van der Waals surface area contributed by atoms with Crippen LogP contribution in [0.5, 0.6) is 0 Å². The standard InChI is InChI=1S/C16H34S/c1-6-17(7-2,8-3)13-15-9-11-16(12-10-15)14(4)5/h14-16H,6-13H2,1-5H3. The van der Waals surface area contributed by atoms with Gasteiger partial charge in [0.2, 0.25) is 0 Å². The van der Waals surface area contributed by atoms with Gasteiger partial charge in [-0.15, -0.1) is 0 Å². The van der Waals surface area contributed by atoms with Crippen LogP contribution in [0.4, 0.5) is 0 Å². The highest BCUT2D eigenvalue weighted by Gasteiger charge is 2.28. The Labute approximate surface area is 111 Å². The Kier molecular flexibility index (Phi) is 6.40. The third-order valence-corrected chi connectivity index (χ3v) is 10.1. The molecule has 1 saturated carbocycles. The summed E-state index contributed by atoms with van der Waals surface area (Å²) >= 11 is 0. The van der Waals surface area contributed by atoms with E-state index >= 15 is 0 Å². The van der Waals surface area contributed by atoms with E-state index < -0.39 is 0 Å². The van der Waals surface area contributed by atoms with Gasteiger partial charge in [0.1, 0.15) is 0 Å². The summed E-state index contributed by atoms with van der Waals surface area (Å²) in [6.07, 6.45) is 6.07. The van der Waals surface area contributed by atoms with Crippen molar-refractivity contribution in [3.63, 3.8) is 0 Å². The maximum atomic E-state index is 2.43. The third kappa shape index (κ3) is 4.19. The fraction of sp³-hybridized carbons (Fsp3) is 1.00. The lowest BCUT2D eigenvalue weighted by atomic mass is 9.77. The molecule has 0 unspecified atom stereocenters. The maximum absolute atomic E-state index is 2.43. The third-order valence-electron chi connectivity index (χ3n) is 5.26. The van der Waals surface area contributed by atoms with Crippen molar-refractivity contribution >= 4 is 10.0 Å². The predicted molar refractivity (Wildman–Crippen MR) is 84.4 cm³/mol. The summed E-state index contributed by atoms with van der Waals surface area (Å²) in [6, 6.07) is 0. The van der Waals surface area contributed by atoms with Crippen LogP contribution in [0, 0.1) is 17.8 Å². The summed E-state index contributed by atoms with van der Waals surface area (Å²) in [5.41, 5.74) is 0. The summed E-state index contributed by atoms with van der Waals surface area (Å²) in [7, 11) is -0.248. The molecular formula is C16H34S. The summed E-state index contributed by atoms with van der Waals surface area (Å²) in [6.45, 7) is 12.1. The Hall–Kier alpha value is 0.350. The topological polar surface area (TPSA) is 0 Å². The average molecular weight is 259 g/mol. The fourth-order valence-corrected chi connectivity index (χ4v) is 6.75. The molecule has 0 atom stereocenters. The second kappa shape index (κ2) is 7.07. The van der Waals surface area contributed by atoms with Crippen molar-refractivity contribution in [2.45, 2.75) is 60.3 Å². The minimum Gasteiger partial charge on any atom is -0.241 e.